The van der Waals surface area contributed by atoms with Gasteiger partial charge in [0.15, 0.2) is 5.75 Å². The van der Waals surface area contributed by atoms with Gasteiger partial charge in [-0.3, -0.25) is 0 Å². The summed E-state index contributed by atoms with van der Waals surface area (Å²) in [5.74, 6) is -0.0744. The second kappa shape index (κ2) is 5.47. The molecule has 3 rings (SSSR count). The van der Waals surface area contributed by atoms with Crippen LogP contribution in [0.5, 0.6) is 5.75 Å². The van der Waals surface area contributed by atoms with Crippen LogP contribution in [0.15, 0.2) is 34.8 Å². The number of aryl methyl sites for hydroxylation is 1. The first-order chi connectivity index (χ1) is 9.54. The molecule has 0 aliphatic heterocycles. The Morgan fingerprint density at radius 3 is 2.55 bits per heavy atom. The molecule has 2 aromatic carbocycles. The quantitative estimate of drug-likeness (QED) is 0.676. The van der Waals surface area contributed by atoms with Crippen molar-refractivity contribution in [3.63, 3.8) is 0 Å². The van der Waals surface area contributed by atoms with Crippen molar-refractivity contribution in [1.82, 2.24) is 0 Å². The predicted molar refractivity (Wildman–Crippen MR) is 87.0 cm³/mol. The molecule has 0 saturated carbocycles. The number of hydrogen-bond donors (Lipinski definition) is 2. The lowest BCUT2D eigenvalue weighted by molar-refractivity contribution is 0.476. The summed E-state index contributed by atoms with van der Waals surface area (Å²) in [5.41, 5.74) is 3.47. The molecule has 2 nitrogen and oxygen atoms in total. The number of phenols is 1. The lowest BCUT2D eigenvalue weighted by Gasteiger charge is -2.16. The maximum atomic E-state index is 9.58. The molecule has 0 fully saturated rings. The predicted octanol–water partition coefficient (Wildman–Crippen LogP) is 5.56. The molecule has 1 aliphatic rings. The SMILES string of the molecule is Oc1c(Cl)cc(NC2CCc3cc(Br)ccc32)cc1Cl. The number of phenolic OH excluding ortho intramolecular Hbond substituents is 1. The van der Waals surface area contributed by atoms with Gasteiger partial charge in [-0.1, -0.05) is 45.2 Å². The molecule has 0 heterocycles. The third kappa shape index (κ3) is 2.62. The van der Waals surface area contributed by atoms with E-state index in [0.29, 0.717) is 0 Å². The van der Waals surface area contributed by atoms with Crippen LogP contribution in [0.1, 0.15) is 23.6 Å². The summed E-state index contributed by atoms with van der Waals surface area (Å²) in [6.07, 6.45) is 2.08. The normalized spacial score (nSPS) is 17.1. The zero-order chi connectivity index (χ0) is 14.3. The van der Waals surface area contributed by atoms with Gasteiger partial charge in [-0.05, 0) is 48.2 Å². The minimum absolute atomic E-state index is 0.0744. The topological polar surface area (TPSA) is 32.3 Å². The molecular formula is C15H12BrCl2NO. The highest BCUT2D eigenvalue weighted by Crippen LogP contribution is 2.39. The molecule has 0 saturated heterocycles. The van der Waals surface area contributed by atoms with Crippen molar-refractivity contribution in [2.45, 2.75) is 18.9 Å². The molecule has 1 aliphatic carbocycles. The summed E-state index contributed by atoms with van der Waals surface area (Å²) in [6.45, 7) is 0. The van der Waals surface area contributed by atoms with Gasteiger partial charge >= 0.3 is 0 Å². The third-order valence-corrected chi connectivity index (χ3v) is 4.61. The molecule has 0 amide bonds. The van der Waals surface area contributed by atoms with Crippen LogP contribution in [0, 0.1) is 0 Å². The van der Waals surface area contributed by atoms with Crippen LogP contribution < -0.4 is 5.32 Å². The zero-order valence-corrected chi connectivity index (χ0v) is 13.6. The van der Waals surface area contributed by atoms with Gasteiger partial charge in [0.1, 0.15) is 0 Å². The van der Waals surface area contributed by atoms with Crippen molar-refractivity contribution < 1.29 is 5.11 Å². The molecule has 1 unspecified atom stereocenters. The second-order valence-electron chi connectivity index (χ2n) is 4.87. The Balaban J connectivity index is 1.87. The highest BCUT2D eigenvalue weighted by atomic mass is 79.9. The van der Waals surface area contributed by atoms with Crippen molar-refractivity contribution in [3.8, 4) is 5.75 Å². The smallest absolute Gasteiger partial charge is 0.152 e. The van der Waals surface area contributed by atoms with Gasteiger partial charge in [-0.25, -0.2) is 0 Å². The summed E-state index contributed by atoms with van der Waals surface area (Å²) < 4.78 is 1.10. The maximum Gasteiger partial charge on any atom is 0.152 e. The number of nitrogens with one attached hydrogen (secondary N) is 1. The van der Waals surface area contributed by atoms with Gasteiger partial charge in [-0.2, -0.15) is 0 Å². The monoisotopic (exact) mass is 371 g/mol. The van der Waals surface area contributed by atoms with Crippen molar-refractivity contribution in [1.29, 1.82) is 0 Å². The van der Waals surface area contributed by atoms with E-state index < -0.39 is 0 Å². The van der Waals surface area contributed by atoms with E-state index in [1.54, 1.807) is 12.1 Å². The van der Waals surface area contributed by atoms with E-state index in [1.807, 2.05) is 0 Å². The van der Waals surface area contributed by atoms with E-state index in [4.69, 9.17) is 23.2 Å². The molecule has 0 bridgehead atoms. The fourth-order valence-electron chi connectivity index (χ4n) is 2.59. The fraction of sp³-hybridized carbons (Fsp3) is 0.200. The van der Waals surface area contributed by atoms with E-state index in [1.165, 1.54) is 11.1 Å². The van der Waals surface area contributed by atoms with Crippen LogP contribution >= 0.6 is 39.1 Å². The van der Waals surface area contributed by atoms with Crippen LogP contribution in [0.4, 0.5) is 5.69 Å². The number of fused-ring (bicyclic) bond motifs is 1. The molecule has 1 atom stereocenters. The van der Waals surface area contributed by atoms with Gasteiger partial charge in [0.2, 0.25) is 0 Å². The van der Waals surface area contributed by atoms with Crippen molar-refractivity contribution in [2.24, 2.45) is 0 Å². The van der Waals surface area contributed by atoms with E-state index in [2.05, 4.69) is 39.4 Å². The number of halogens is 3. The summed E-state index contributed by atoms with van der Waals surface area (Å²) >= 11 is 15.4. The average Bonchev–Trinajstić information content (AvgIpc) is 2.78. The fourth-order valence-corrected chi connectivity index (χ4v) is 3.48. The minimum Gasteiger partial charge on any atom is -0.505 e. The molecule has 0 aromatic heterocycles. The van der Waals surface area contributed by atoms with Gasteiger partial charge < -0.3 is 10.4 Å². The molecule has 104 valence electrons. The Hall–Kier alpha value is -0.900. The first-order valence-corrected chi connectivity index (χ1v) is 7.82. The van der Waals surface area contributed by atoms with Crippen LogP contribution in [-0.2, 0) is 6.42 Å². The highest BCUT2D eigenvalue weighted by Gasteiger charge is 2.22. The molecule has 0 radical (unpaired) electrons. The summed E-state index contributed by atoms with van der Waals surface area (Å²) in [5, 5.41) is 13.5. The Bertz CT molecular complexity index is 652. The Kier molecular flexibility index (Phi) is 3.85. The summed E-state index contributed by atoms with van der Waals surface area (Å²) in [7, 11) is 0. The molecule has 2 aromatic rings. The van der Waals surface area contributed by atoms with Crippen LogP contribution in [0.2, 0.25) is 10.0 Å². The Labute approximate surface area is 135 Å². The molecule has 2 N–H and O–H groups in total. The number of benzene rings is 2. The van der Waals surface area contributed by atoms with E-state index >= 15 is 0 Å². The van der Waals surface area contributed by atoms with Gasteiger partial charge in [0, 0.05) is 10.2 Å². The van der Waals surface area contributed by atoms with E-state index in [-0.39, 0.29) is 21.8 Å². The second-order valence-corrected chi connectivity index (χ2v) is 6.60. The molecule has 0 spiro atoms. The highest BCUT2D eigenvalue weighted by molar-refractivity contribution is 9.10. The van der Waals surface area contributed by atoms with E-state index in [0.717, 1.165) is 23.0 Å². The van der Waals surface area contributed by atoms with Crippen LogP contribution in [0.3, 0.4) is 0 Å². The zero-order valence-electron chi connectivity index (χ0n) is 10.5. The lowest BCUT2D eigenvalue weighted by Crippen LogP contribution is -2.07. The average molecular weight is 373 g/mol. The molecular weight excluding hydrogens is 361 g/mol. The van der Waals surface area contributed by atoms with Gasteiger partial charge in [0.05, 0.1) is 16.1 Å². The van der Waals surface area contributed by atoms with Crippen molar-refractivity contribution >= 4 is 44.8 Å². The number of anilines is 1. The van der Waals surface area contributed by atoms with E-state index in [9.17, 15) is 5.11 Å². The maximum absolute atomic E-state index is 9.58. The largest absolute Gasteiger partial charge is 0.505 e. The summed E-state index contributed by atoms with van der Waals surface area (Å²) in [6, 6.07) is 9.98. The van der Waals surface area contributed by atoms with Crippen molar-refractivity contribution in [2.75, 3.05) is 5.32 Å². The number of rotatable bonds is 2. The molecule has 5 heteroatoms. The standard InChI is InChI=1S/C15H12BrCl2NO/c16-9-2-3-11-8(5-9)1-4-14(11)19-10-6-12(17)15(20)13(18)7-10/h2-3,5-7,14,19-20H,1,4H2. The van der Waals surface area contributed by atoms with Gasteiger partial charge in [0.25, 0.3) is 0 Å². The number of aromatic hydroxyl groups is 1. The molecule has 20 heavy (non-hydrogen) atoms. The third-order valence-electron chi connectivity index (χ3n) is 3.54. The number of hydrogen-bond acceptors (Lipinski definition) is 2. The first-order valence-electron chi connectivity index (χ1n) is 6.27. The Morgan fingerprint density at radius 2 is 1.85 bits per heavy atom. The van der Waals surface area contributed by atoms with Gasteiger partial charge in [-0.15, -0.1) is 0 Å². The lowest BCUT2D eigenvalue weighted by atomic mass is 10.1. The first kappa shape index (κ1) is 14.1. The summed E-state index contributed by atoms with van der Waals surface area (Å²) in [4.78, 5) is 0. The Morgan fingerprint density at radius 1 is 1.15 bits per heavy atom. The van der Waals surface area contributed by atoms with Crippen LogP contribution in [-0.4, -0.2) is 5.11 Å². The van der Waals surface area contributed by atoms with Crippen molar-refractivity contribution in [3.05, 3.63) is 56.0 Å². The minimum atomic E-state index is -0.0744. The van der Waals surface area contributed by atoms with Crippen LogP contribution in [0.25, 0.3) is 0 Å².